The second kappa shape index (κ2) is 5.31. The minimum atomic E-state index is -0.820. The van der Waals surface area contributed by atoms with E-state index in [0.29, 0.717) is 5.92 Å². The number of aliphatic carboxylic acids is 1. The van der Waals surface area contributed by atoms with Gasteiger partial charge in [-0.05, 0) is 39.9 Å². The van der Waals surface area contributed by atoms with E-state index >= 15 is 0 Å². The van der Waals surface area contributed by atoms with Crippen molar-refractivity contribution in [1.82, 2.24) is 0 Å². The first kappa shape index (κ1) is 13.4. The molecule has 0 aliphatic carbocycles. The van der Waals surface area contributed by atoms with Crippen LogP contribution >= 0.6 is 0 Å². The largest absolute Gasteiger partial charge is 0.496 e. The van der Waals surface area contributed by atoms with Gasteiger partial charge in [-0.2, -0.15) is 0 Å². The number of ether oxygens (including phenoxy) is 1. The van der Waals surface area contributed by atoms with E-state index in [2.05, 4.69) is 19.9 Å². The molecule has 100 valence electrons. The number of carboxylic acid groups (broad SMARTS) is 1. The Morgan fingerprint density at radius 2 is 2.05 bits per heavy atom. The molecule has 2 aromatic carbocycles. The summed E-state index contributed by atoms with van der Waals surface area (Å²) in [7, 11) is 1.65. The standard InChI is InChI=1S/C16H18O3/c1-10(2)13-7-11-5-4-6-12(8-16(17)18)14(11)9-15(13)19-3/h4-7,9-10H,8H2,1-3H3,(H,17,18). The van der Waals surface area contributed by atoms with Crippen LogP contribution in [-0.2, 0) is 11.2 Å². The highest BCUT2D eigenvalue weighted by molar-refractivity contribution is 5.90. The third-order valence-corrected chi connectivity index (χ3v) is 3.28. The number of fused-ring (bicyclic) bond motifs is 1. The van der Waals surface area contributed by atoms with E-state index in [1.54, 1.807) is 7.11 Å². The van der Waals surface area contributed by atoms with Crippen molar-refractivity contribution in [2.75, 3.05) is 7.11 Å². The van der Waals surface area contributed by atoms with Crippen LogP contribution in [0.1, 0.15) is 30.9 Å². The molecule has 3 nitrogen and oxygen atoms in total. The summed E-state index contributed by atoms with van der Waals surface area (Å²) in [6.45, 7) is 4.23. The van der Waals surface area contributed by atoms with E-state index in [-0.39, 0.29) is 6.42 Å². The number of methoxy groups -OCH3 is 1. The lowest BCUT2D eigenvalue weighted by Crippen LogP contribution is -2.01. The van der Waals surface area contributed by atoms with Gasteiger partial charge in [-0.15, -0.1) is 0 Å². The topological polar surface area (TPSA) is 46.5 Å². The summed E-state index contributed by atoms with van der Waals surface area (Å²) in [5.74, 6) is 0.363. The molecule has 2 aromatic rings. The number of benzene rings is 2. The highest BCUT2D eigenvalue weighted by Gasteiger charge is 2.12. The van der Waals surface area contributed by atoms with Crippen molar-refractivity contribution in [1.29, 1.82) is 0 Å². The fraction of sp³-hybridized carbons (Fsp3) is 0.312. The Labute approximate surface area is 112 Å². The maximum Gasteiger partial charge on any atom is 0.307 e. The first-order valence-electron chi connectivity index (χ1n) is 6.34. The molecule has 0 spiro atoms. The summed E-state index contributed by atoms with van der Waals surface area (Å²) in [5.41, 5.74) is 1.96. The van der Waals surface area contributed by atoms with Crippen molar-refractivity contribution in [3.63, 3.8) is 0 Å². The summed E-state index contributed by atoms with van der Waals surface area (Å²) in [5, 5.41) is 11.0. The van der Waals surface area contributed by atoms with Crippen molar-refractivity contribution in [3.05, 3.63) is 41.5 Å². The van der Waals surface area contributed by atoms with Gasteiger partial charge < -0.3 is 9.84 Å². The average Bonchev–Trinajstić information content (AvgIpc) is 2.37. The normalized spacial score (nSPS) is 10.9. The molecule has 19 heavy (non-hydrogen) atoms. The average molecular weight is 258 g/mol. The molecule has 0 aliphatic heterocycles. The van der Waals surface area contributed by atoms with Gasteiger partial charge in [0.05, 0.1) is 13.5 Å². The lowest BCUT2D eigenvalue weighted by Gasteiger charge is -2.14. The zero-order chi connectivity index (χ0) is 14.0. The maximum atomic E-state index is 10.9. The van der Waals surface area contributed by atoms with Gasteiger partial charge in [0.1, 0.15) is 5.75 Å². The second-order valence-electron chi connectivity index (χ2n) is 4.96. The highest BCUT2D eigenvalue weighted by Crippen LogP contribution is 2.32. The Bertz CT molecular complexity index is 615. The number of hydrogen-bond acceptors (Lipinski definition) is 2. The SMILES string of the molecule is COc1cc2c(CC(=O)O)cccc2cc1C(C)C. The minimum Gasteiger partial charge on any atom is -0.496 e. The van der Waals surface area contributed by atoms with Crippen molar-refractivity contribution < 1.29 is 14.6 Å². The summed E-state index contributed by atoms with van der Waals surface area (Å²) < 4.78 is 5.43. The van der Waals surface area contributed by atoms with E-state index in [0.717, 1.165) is 27.6 Å². The van der Waals surface area contributed by atoms with Gasteiger partial charge in [-0.3, -0.25) is 4.79 Å². The molecule has 0 aliphatic rings. The minimum absolute atomic E-state index is 0.0293. The van der Waals surface area contributed by atoms with E-state index < -0.39 is 5.97 Å². The van der Waals surface area contributed by atoms with E-state index in [4.69, 9.17) is 9.84 Å². The van der Waals surface area contributed by atoms with Crippen LogP contribution in [-0.4, -0.2) is 18.2 Å². The molecule has 1 N–H and O–H groups in total. The lowest BCUT2D eigenvalue weighted by molar-refractivity contribution is -0.136. The second-order valence-corrected chi connectivity index (χ2v) is 4.96. The molecule has 0 amide bonds. The van der Waals surface area contributed by atoms with Gasteiger partial charge >= 0.3 is 5.97 Å². The number of carboxylic acids is 1. The van der Waals surface area contributed by atoms with Crippen molar-refractivity contribution in [2.45, 2.75) is 26.2 Å². The predicted molar refractivity (Wildman–Crippen MR) is 75.9 cm³/mol. The first-order chi connectivity index (χ1) is 9.02. The third kappa shape index (κ3) is 2.70. The van der Waals surface area contributed by atoms with Crippen molar-refractivity contribution >= 4 is 16.7 Å². The molecular formula is C16H18O3. The number of carbonyl (C=O) groups is 1. The van der Waals surface area contributed by atoms with Crippen LogP contribution in [0.4, 0.5) is 0 Å². The van der Waals surface area contributed by atoms with Crippen LogP contribution in [0, 0.1) is 0 Å². The Kier molecular flexibility index (Phi) is 3.74. The Hall–Kier alpha value is -2.03. The Morgan fingerprint density at radius 3 is 2.63 bits per heavy atom. The summed E-state index contributed by atoms with van der Waals surface area (Å²) >= 11 is 0. The molecule has 3 heteroatoms. The summed E-state index contributed by atoms with van der Waals surface area (Å²) in [6.07, 6.45) is 0.0293. The molecule has 0 heterocycles. The van der Waals surface area contributed by atoms with Crippen molar-refractivity contribution in [2.24, 2.45) is 0 Å². The fourth-order valence-corrected chi connectivity index (χ4v) is 2.33. The molecule has 0 fully saturated rings. The Balaban J connectivity index is 2.66. The van der Waals surface area contributed by atoms with Gasteiger partial charge in [0, 0.05) is 0 Å². The maximum absolute atomic E-state index is 10.9. The summed E-state index contributed by atoms with van der Waals surface area (Å²) in [4.78, 5) is 10.9. The third-order valence-electron chi connectivity index (χ3n) is 3.28. The predicted octanol–water partition coefficient (Wildman–Crippen LogP) is 3.60. The number of rotatable bonds is 4. The highest BCUT2D eigenvalue weighted by atomic mass is 16.5. The number of hydrogen-bond donors (Lipinski definition) is 1. The molecule has 0 unspecified atom stereocenters. The van der Waals surface area contributed by atoms with E-state index in [9.17, 15) is 4.79 Å². The van der Waals surface area contributed by atoms with Gasteiger partial charge in [0.15, 0.2) is 0 Å². The van der Waals surface area contributed by atoms with Gasteiger partial charge in [0.2, 0.25) is 0 Å². The molecule has 2 rings (SSSR count). The quantitative estimate of drug-likeness (QED) is 0.911. The van der Waals surface area contributed by atoms with Gasteiger partial charge in [0.25, 0.3) is 0 Å². The lowest BCUT2D eigenvalue weighted by atomic mass is 9.95. The van der Waals surface area contributed by atoms with Crippen LogP contribution in [0.15, 0.2) is 30.3 Å². The smallest absolute Gasteiger partial charge is 0.307 e. The van der Waals surface area contributed by atoms with Crippen molar-refractivity contribution in [3.8, 4) is 5.75 Å². The molecule has 0 radical (unpaired) electrons. The van der Waals surface area contributed by atoms with Crippen LogP contribution in [0.5, 0.6) is 5.75 Å². The fourth-order valence-electron chi connectivity index (χ4n) is 2.33. The molecule has 0 saturated carbocycles. The van der Waals surface area contributed by atoms with Crippen LogP contribution < -0.4 is 4.74 Å². The van der Waals surface area contributed by atoms with E-state index in [1.165, 1.54) is 0 Å². The van der Waals surface area contributed by atoms with E-state index in [1.807, 2.05) is 24.3 Å². The summed E-state index contributed by atoms with van der Waals surface area (Å²) in [6, 6.07) is 9.79. The molecule has 0 aromatic heterocycles. The zero-order valence-electron chi connectivity index (χ0n) is 11.4. The molecule has 0 atom stereocenters. The van der Waals surface area contributed by atoms with Crippen LogP contribution in [0.3, 0.4) is 0 Å². The first-order valence-corrected chi connectivity index (χ1v) is 6.34. The zero-order valence-corrected chi connectivity index (χ0v) is 11.4. The molecule has 0 bridgehead atoms. The monoisotopic (exact) mass is 258 g/mol. The Morgan fingerprint density at radius 1 is 1.32 bits per heavy atom. The van der Waals surface area contributed by atoms with Gasteiger partial charge in [-0.25, -0.2) is 0 Å². The van der Waals surface area contributed by atoms with Crippen LogP contribution in [0.25, 0.3) is 10.8 Å². The van der Waals surface area contributed by atoms with Crippen LogP contribution in [0.2, 0.25) is 0 Å². The molecule has 0 saturated heterocycles. The molecular weight excluding hydrogens is 240 g/mol. The van der Waals surface area contributed by atoms with Gasteiger partial charge in [-0.1, -0.05) is 32.0 Å².